The van der Waals surface area contributed by atoms with Crippen LogP contribution in [0.15, 0.2) is 18.2 Å². The minimum absolute atomic E-state index is 0.0122. The van der Waals surface area contributed by atoms with Gasteiger partial charge < -0.3 is 4.74 Å². The predicted molar refractivity (Wildman–Crippen MR) is 113 cm³/mol. The van der Waals surface area contributed by atoms with Crippen molar-refractivity contribution in [3.63, 3.8) is 0 Å². The van der Waals surface area contributed by atoms with Crippen molar-refractivity contribution in [2.24, 2.45) is 0 Å². The summed E-state index contributed by atoms with van der Waals surface area (Å²) in [4.78, 5) is 16.3. The molecule has 0 heterocycles. The Morgan fingerprint density at radius 1 is 1.11 bits per heavy atom. The van der Waals surface area contributed by atoms with Crippen molar-refractivity contribution < 1.29 is 9.53 Å². The highest BCUT2D eigenvalue weighted by Crippen LogP contribution is 2.33. The molecule has 0 bridgehead atoms. The lowest BCUT2D eigenvalue weighted by Crippen LogP contribution is -2.53. The zero-order valence-corrected chi connectivity index (χ0v) is 17.8. The van der Waals surface area contributed by atoms with Crippen LogP contribution >= 0.6 is 0 Å². The Morgan fingerprint density at radius 2 is 1.71 bits per heavy atom. The van der Waals surface area contributed by atoms with Crippen molar-refractivity contribution in [3.05, 3.63) is 28.7 Å². The maximum absolute atomic E-state index is 12.9. The number of amides is 1. The minimum Gasteiger partial charge on any atom is -0.482 e. The zero-order chi connectivity index (χ0) is 20.8. The van der Waals surface area contributed by atoms with Gasteiger partial charge in [0, 0.05) is 24.7 Å². The van der Waals surface area contributed by atoms with E-state index in [4.69, 9.17) is 4.74 Å². The Labute approximate surface area is 169 Å². The van der Waals surface area contributed by atoms with E-state index in [-0.39, 0.29) is 18.4 Å². The summed E-state index contributed by atoms with van der Waals surface area (Å²) in [6, 6.07) is 5.31. The van der Waals surface area contributed by atoms with E-state index in [1.165, 1.54) is 5.12 Å². The zero-order valence-electron chi connectivity index (χ0n) is 17.8. The smallest absolute Gasteiger partial charge is 0.426 e. The van der Waals surface area contributed by atoms with Gasteiger partial charge >= 0.3 is 5.69 Å². The summed E-state index contributed by atoms with van der Waals surface area (Å²) in [6.45, 7) is 9.78. The molecule has 0 atom stereocenters. The summed E-state index contributed by atoms with van der Waals surface area (Å²) in [5.41, 5.74) is 7.40. The fraction of sp³-hybridized carbons (Fsp3) is 0.667. The molecule has 0 saturated carbocycles. The van der Waals surface area contributed by atoms with Gasteiger partial charge in [0.1, 0.15) is 0 Å². The first-order valence-corrected chi connectivity index (χ1v) is 10.5. The molecule has 1 rings (SSSR count). The fourth-order valence-corrected chi connectivity index (χ4v) is 2.76. The molecule has 7 nitrogen and oxygen atoms in total. The lowest BCUT2D eigenvalue weighted by molar-refractivity contribution is -0.137. The third-order valence-electron chi connectivity index (χ3n) is 4.57. The first kappa shape index (κ1) is 23.9. The van der Waals surface area contributed by atoms with Crippen LogP contribution in [-0.4, -0.2) is 30.2 Å². The van der Waals surface area contributed by atoms with E-state index in [1.807, 2.05) is 6.07 Å². The summed E-state index contributed by atoms with van der Waals surface area (Å²) in [6.07, 6.45) is 5.92. The Morgan fingerprint density at radius 3 is 2.21 bits per heavy atom. The summed E-state index contributed by atoms with van der Waals surface area (Å²) in [5, 5.41) is 10.9. The van der Waals surface area contributed by atoms with Crippen LogP contribution < -0.4 is 15.6 Å². The molecular weight excluding hydrogens is 354 g/mol. The van der Waals surface area contributed by atoms with Gasteiger partial charge in [-0.05, 0) is 25.7 Å². The van der Waals surface area contributed by atoms with E-state index in [0.717, 1.165) is 51.6 Å². The van der Waals surface area contributed by atoms with Crippen molar-refractivity contribution in [2.45, 2.75) is 78.7 Å². The van der Waals surface area contributed by atoms with Crippen molar-refractivity contribution in [3.8, 4) is 5.75 Å². The Hall–Kier alpha value is -2.17. The Kier molecular flexibility index (Phi) is 11.9. The third-order valence-corrected chi connectivity index (χ3v) is 4.57. The van der Waals surface area contributed by atoms with E-state index in [0.29, 0.717) is 17.0 Å². The van der Waals surface area contributed by atoms with Gasteiger partial charge in [-0.1, -0.05) is 52.7 Å². The molecule has 0 aliphatic rings. The van der Waals surface area contributed by atoms with E-state index in [9.17, 15) is 10.2 Å². The summed E-state index contributed by atoms with van der Waals surface area (Å²) in [5.74, 6) is 0.380. The van der Waals surface area contributed by atoms with Gasteiger partial charge in [0.15, 0.2) is 4.98 Å². The van der Waals surface area contributed by atoms with Gasteiger partial charge in [-0.2, -0.15) is 0 Å². The first-order valence-electron chi connectivity index (χ1n) is 10.5. The van der Waals surface area contributed by atoms with Gasteiger partial charge in [0.05, 0.1) is 12.5 Å². The van der Waals surface area contributed by atoms with Crippen LogP contribution in [0.3, 0.4) is 0 Å². The van der Waals surface area contributed by atoms with Crippen LogP contribution in [0.5, 0.6) is 5.75 Å². The molecule has 0 aliphatic heterocycles. The molecule has 7 heteroatoms. The van der Waals surface area contributed by atoms with Crippen LogP contribution in [0, 0.1) is 5.39 Å². The number of benzene rings is 1. The van der Waals surface area contributed by atoms with E-state index in [1.54, 1.807) is 12.1 Å². The normalized spacial score (nSPS) is 10.7. The number of carbonyl (C=O) groups is 1. The molecule has 0 unspecified atom stereocenters. The van der Waals surface area contributed by atoms with Gasteiger partial charge in [0.2, 0.25) is 11.1 Å². The monoisotopic (exact) mass is 390 g/mol. The van der Waals surface area contributed by atoms with Crippen molar-refractivity contribution >= 4 is 11.6 Å². The maximum atomic E-state index is 12.9. The standard InChI is InChI=1S/C21H36N5O2/c1-5-9-14-23-26(24-15-10-6-2)20(27)16-17-12-11-13-19(25-22)21(17)28-18(7-3)8-4/h11-13,18,23-24H,5-10,14-16H2,1-4H3/q+1. The number of hydrazine groups is 2. The minimum atomic E-state index is -0.100. The molecular formula is C21H36N5O2+. The van der Waals surface area contributed by atoms with Crippen molar-refractivity contribution in [2.75, 3.05) is 13.1 Å². The Balaban J connectivity index is 2.97. The molecule has 0 aromatic heterocycles. The highest BCUT2D eigenvalue weighted by Gasteiger charge is 2.25. The van der Waals surface area contributed by atoms with Crippen LogP contribution in [0.2, 0.25) is 0 Å². The SMILES string of the molecule is CCCCNN(NCCCC)C(=O)Cc1cccc([N+]#N)c1OC(CC)CC. The molecule has 1 amide bonds. The number of hydrogen-bond acceptors (Lipinski definition) is 5. The molecule has 156 valence electrons. The second-order valence-electron chi connectivity index (χ2n) is 6.85. The quantitative estimate of drug-likeness (QED) is 0.273. The summed E-state index contributed by atoms with van der Waals surface area (Å²) < 4.78 is 6.08. The van der Waals surface area contributed by atoms with Gasteiger partial charge in [-0.3, -0.25) is 4.79 Å². The molecule has 1 aromatic carbocycles. The van der Waals surface area contributed by atoms with Gasteiger partial charge in [0.25, 0.3) is 5.91 Å². The average Bonchev–Trinajstić information content (AvgIpc) is 2.71. The van der Waals surface area contributed by atoms with Gasteiger partial charge in [-0.25, -0.2) is 16.0 Å². The maximum Gasteiger partial charge on any atom is 0.426 e. The lowest BCUT2D eigenvalue weighted by Gasteiger charge is -2.25. The highest BCUT2D eigenvalue weighted by atomic mass is 16.5. The fourth-order valence-electron chi connectivity index (χ4n) is 2.76. The van der Waals surface area contributed by atoms with Crippen LogP contribution in [0.4, 0.5) is 5.69 Å². The topological polar surface area (TPSA) is 81.8 Å². The van der Waals surface area contributed by atoms with Crippen molar-refractivity contribution in [1.82, 2.24) is 16.0 Å². The largest absolute Gasteiger partial charge is 0.482 e. The number of rotatable bonds is 14. The molecule has 0 saturated heterocycles. The van der Waals surface area contributed by atoms with E-state index >= 15 is 0 Å². The molecule has 2 N–H and O–H groups in total. The predicted octanol–water partition coefficient (Wildman–Crippen LogP) is 4.72. The number of unbranched alkanes of at least 4 members (excludes halogenated alkanes) is 2. The van der Waals surface area contributed by atoms with Crippen molar-refractivity contribution in [1.29, 1.82) is 5.39 Å². The summed E-state index contributed by atoms with van der Waals surface area (Å²) in [7, 11) is 0. The number of para-hydroxylation sites is 1. The number of hydrogen-bond donors (Lipinski definition) is 2. The Bertz CT molecular complexity index is 616. The van der Waals surface area contributed by atoms with E-state index < -0.39 is 0 Å². The van der Waals surface area contributed by atoms with Gasteiger partial charge in [-0.15, -0.1) is 0 Å². The summed E-state index contributed by atoms with van der Waals surface area (Å²) >= 11 is 0. The second-order valence-corrected chi connectivity index (χ2v) is 6.85. The molecule has 28 heavy (non-hydrogen) atoms. The van der Waals surface area contributed by atoms with Crippen LogP contribution in [-0.2, 0) is 11.2 Å². The number of nitrogens with one attached hydrogen (secondary N) is 2. The van der Waals surface area contributed by atoms with Crippen LogP contribution in [0.25, 0.3) is 4.98 Å². The molecule has 0 spiro atoms. The third kappa shape index (κ3) is 7.83. The molecule has 0 aliphatic carbocycles. The molecule has 0 radical (unpaired) electrons. The number of carbonyl (C=O) groups excluding carboxylic acids is 1. The van der Waals surface area contributed by atoms with Crippen LogP contribution in [0.1, 0.15) is 71.8 Å². The second kappa shape index (κ2) is 13.9. The molecule has 1 aromatic rings. The number of nitrogens with zero attached hydrogens (tertiary/aromatic N) is 3. The lowest BCUT2D eigenvalue weighted by atomic mass is 10.1. The first-order chi connectivity index (χ1) is 13.6. The highest BCUT2D eigenvalue weighted by molar-refractivity contribution is 5.80. The van der Waals surface area contributed by atoms with E-state index in [2.05, 4.69) is 43.5 Å². The number of ether oxygens (including phenoxy) is 1. The molecule has 0 fully saturated rings. The average molecular weight is 391 g/mol. The number of diazo groups is 1.